The summed E-state index contributed by atoms with van der Waals surface area (Å²) in [6.07, 6.45) is 0.788. The number of carboxylic acid groups (broad SMARTS) is 1. The van der Waals surface area contributed by atoms with Gasteiger partial charge in [0, 0.05) is 40.5 Å². The van der Waals surface area contributed by atoms with Gasteiger partial charge >= 0.3 is 5.97 Å². The number of aliphatic carboxylic acids is 1. The second kappa shape index (κ2) is 8.41. The van der Waals surface area contributed by atoms with Gasteiger partial charge < -0.3 is 19.7 Å². The molecule has 0 saturated carbocycles. The van der Waals surface area contributed by atoms with E-state index in [1.54, 1.807) is 14.2 Å². The van der Waals surface area contributed by atoms with Gasteiger partial charge in [-0.15, -0.1) is 0 Å². The molecular weight excluding hydrogens is 226 g/mol. The van der Waals surface area contributed by atoms with Gasteiger partial charge in [0.05, 0.1) is 6.61 Å². The van der Waals surface area contributed by atoms with Crippen molar-refractivity contribution in [2.75, 3.05) is 47.1 Å². The third-order valence-corrected chi connectivity index (χ3v) is 2.43. The summed E-state index contributed by atoms with van der Waals surface area (Å²) in [5.41, 5.74) is -1.74. The van der Waals surface area contributed by atoms with E-state index in [1.165, 1.54) is 6.92 Å². The lowest BCUT2D eigenvalue weighted by molar-refractivity contribution is -0.158. The Kier molecular flexibility index (Phi) is 8.07. The summed E-state index contributed by atoms with van der Waals surface area (Å²) in [7, 11) is 3.20. The Morgan fingerprint density at radius 1 is 1.24 bits per heavy atom. The maximum Gasteiger partial charge on any atom is 0.336 e. The first-order valence-electron chi connectivity index (χ1n) is 5.60. The average molecular weight is 249 g/mol. The lowest BCUT2D eigenvalue weighted by atomic mass is 10.1. The SMILES string of the molecule is COCCCN(CCOC)CC(C)(O)C(=O)O. The summed E-state index contributed by atoms with van der Waals surface area (Å²) >= 11 is 0. The van der Waals surface area contributed by atoms with Crippen molar-refractivity contribution in [3.63, 3.8) is 0 Å². The van der Waals surface area contributed by atoms with Crippen molar-refractivity contribution in [2.45, 2.75) is 18.9 Å². The standard InChI is InChI=1S/C11H23NO5/c1-11(15,10(13)14)9-12(6-8-17-3)5-4-7-16-2/h15H,4-9H2,1-3H3,(H,13,14). The van der Waals surface area contributed by atoms with E-state index in [0.29, 0.717) is 26.3 Å². The van der Waals surface area contributed by atoms with Crippen LogP contribution in [0.4, 0.5) is 0 Å². The molecule has 0 amide bonds. The lowest BCUT2D eigenvalue weighted by Gasteiger charge is -2.28. The van der Waals surface area contributed by atoms with Gasteiger partial charge in [-0.3, -0.25) is 4.90 Å². The molecule has 0 bridgehead atoms. The van der Waals surface area contributed by atoms with Crippen molar-refractivity contribution in [3.05, 3.63) is 0 Å². The minimum atomic E-state index is -1.74. The normalized spacial score (nSPS) is 14.9. The van der Waals surface area contributed by atoms with Crippen LogP contribution in [0.5, 0.6) is 0 Å². The Balaban J connectivity index is 4.21. The highest BCUT2D eigenvalue weighted by Gasteiger charge is 2.31. The van der Waals surface area contributed by atoms with E-state index in [9.17, 15) is 9.90 Å². The van der Waals surface area contributed by atoms with Crippen LogP contribution < -0.4 is 0 Å². The predicted octanol–water partition coefficient (Wildman–Crippen LogP) is -0.193. The zero-order valence-corrected chi connectivity index (χ0v) is 10.8. The first-order valence-corrected chi connectivity index (χ1v) is 5.60. The molecule has 6 nitrogen and oxygen atoms in total. The minimum absolute atomic E-state index is 0.0788. The number of rotatable bonds is 10. The number of methoxy groups -OCH3 is 2. The molecule has 1 atom stereocenters. The highest BCUT2D eigenvalue weighted by Crippen LogP contribution is 2.07. The van der Waals surface area contributed by atoms with E-state index in [2.05, 4.69) is 0 Å². The number of carboxylic acids is 1. The number of hydrogen-bond donors (Lipinski definition) is 2. The van der Waals surface area contributed by atoms with E-state index in [0.717, 1.165) is 6.42 Å². The summed E-state index contributed by atoms with van der Waals surface area (Å²) < 4.78 is 9.89. The lowest BCUT2D eigenvalue weighted by Crippen LogP contribution is -2.48. The van der Waals surface area contributed by atoms with Gasteiger partial charge in [0.2, 0.25) is 0 Å². The summed E-state index contributed by atoms with van der Waals surface area (Å²) in [6.45, 7) is 3.74. The number of ether oxygens (including phenoxy) is 2. The molecule has 0 aromatic rings. The van der Waals surface area contributed by atoms with Crippen molar-refractivity contribution in [3.8, 4) is 0 Å². The largest absolute Gasteiger partial charge is 0.479 e. The molecule has 0 aromatic carbocycles. The monoisotopic (exact) mass is 249 g/mol. The topological polar surface area (TPSA) is 79.2 Å². The molecule has 0 fully saturated rings. The van der Waals surface area contributed by atoms with Crippen molar-refractivity contribution in [1.29, 1.82) is 0 Å². The Hall–Kier alpha value is -0.690. The molecule has 102 valence electrons. The van der Waals surface area contributed by atoms with Crippen molar-refractivity contribution in [2.24, 2.45) is 0 Å². The fourth-order valence-electron chi connectivity index (χ4n) is 1.43. The Morgan fingerprint density at radius 3 is 2.29 bits per heavy atom. The zero-order valence-electron chi connectivity index (χ0n) is 10.8. The third kappa shape index (κ3) is 7.27. The van der Waals surface area contributed by atoms with Gasteiger partial charge in [0.15, 0.2) is 5.60 Å². The summed E-state index contributed by atoms with van der Waals surface area (Å²) in [4.78, 5) is 12.7. The van der Waals surface area contributed by atoms with Gasteiger partial charge in [0.1, 0.15) is 0 Å². The zero-order chi connectivity index (χ0) is 13.3. The Morgan fingerprint density at radius 2 is 1.82 bits per heavy atom. The van der Waals surface area contributed by atoms with Gasteiger partial charge in [-0.05, 0) is 13.3 Å². The summed E-state index contributed by atoms with van der Waals surface area (Å²) in [5, 5.41) is 18.6. The molecular formula is C11H23NO5. The van der Waals surface area contributed by atoms with Crippen LogP contribution in [0.15, 0.2) is 0 Å². The van der Waals surface area contributed by atoms with E-state index in [1.807, 2.05) is 4.90 Å². The molecule has 0 rings (SSSR count). The number of hydrogen-bond acceptors (Lipinski definition) is 5. The maximum atomic E-state index is 10.8. The highest BCUT2D eigenvalue weighted by atomic mass is 16.5. The molecule has 0 radical (unpaired) electrons. The van der Waals surface area contributed by atoms with Crippen LogP contribution in [0, 0.1) is 0 Å². The Bertz CT molecular complexity index is 220. The number of carbonyl (C=O) groups is 1. The summed E-state index contributed by atoms with van der Waals surface area (Å²) in [6, 6.07) is 0. The van der Waals surface area contributed by atoms with Gasteiger partial charge in [-0.25, -0.2) is 4.79 Å². The van der Waals surface area contributed by atoms with Crippen LogP contribution in [0.1, 0.15) is 13.3 Å². The molecule has 0 aliphatic carbocycles. The van der Waals surface area contributed by atoms with E-state index < -0.39 is 11.6 Å². The maximum absolute atomic E-state index is 10.8. The van der Waals surface area contributed by atoms with Crippen LogP contribution in [0.2, 0.25) is 0 Å². The van der Waals surface area contributed by atoms with Gasteiger partial charge in [-0.1, -0.05) is 0 Å². The second-order valence-electron chi connectivity index (χ2n) is 4.19. The number of nitrogens with zero attached hydrogens (tertiary/aromatic N) is 1. The smallest absolute Gasteiger partial charge is 0.336 e. The molecule has 0 heterocycles. The van der Waals surface area contributed by atoms with Crippen LogP contribution in [-0.2, 0) is 14.3 Å². The molecule has 1 unspecified atom stereocenters. The molecule has 0 aliphatic heterocycles. The average Bonchev–Trinajstić information content (AvgIpc) is 2.25. The van der Waals surface area contributed by atoms with E-state index in [4.69, 9.17) is 14.6 Å². The van der Waals surface area contributed by atoms with Crippen molar-refractivity contribution >= 4 is 5.97 Å². The van der Waals surface area contributed by atoms with Crippen LogP contribution in [0.3, 0.4) is 0 Å². The second-order valence-corrected chi connectivity index (χ2v) is 4.19. The molecule has 2 N–H and O–H groups in total. The quantitative estimate of drug-likeness (QED) is 0.522. The van der Waals surface area contributed by atoms with Gasteiger partial charge in [0.25, 0.3) is 0 Å². The molecule has 0 spiro atoms. The molecule has 17 heavy (non-hydrogen) atoms. The van der Waals surface area contributed by atoms with Crippen molar-refractivity contribution in [1.82, 2.24) is 4.90 Å². The number of aliphatic hydroxyl groups is 1. The molecule has 0 aromatic heterocycles. The fourth-order valence-corrected chi connectivity index (χ4v) is 1.43. The van der Waals surface area contributed by atoms with E-state index >= 15 is 0 Å². The van der Waals surface area contributed by atoms with E-state index in [-0.39, 0.29) is 6.54 Å². The highest BCUT2D eigenvalue weighted by molar-refractivity contribution is 5.76. The third-order valence-electron chi connectivity index (χ3n) is 2.43. The van der Waals surface area contributed by atoms with Crippen LogP contribution in [-0.4, -0.2) is 73.8 Å². The molecule has 0 aliphatic rings. The molecule has 6 heteroatoms. The first kappa shape index (κ1) is 16.3. The predicted molar refractivity (Wildman–Crippen MR) is 63.1 cm³/mol. The fraction of sp³-hybridized carbons (Fsp3) is 0.909. The minimum Gasteiger partial charge on any atom is -0.479 e. The first-order chi connectivity index (χ1) is 7.94. The summed E-state index contributed by atoms with van der Waals surface area (Å²) in [5.74, 6) is -1.22. The van der Waals surface area contributed by atoms with Crippen LogP contribution in [0.25, 0.3) is 0 Å². The van der Waals surface area contributed by atoms with Crippen LogP contribution >= 0.6 is 0 Å². The van der Waals surface area contributed by atoms with Gasteiger partial charge in [-0.2, -0.15) is 0 Å². The Labute approximate surface area is 102 Å². The van der Waals surface area contributed by atoms with Crippen molar-refractivity contribution < 1.29 is 24.5 Å². The molecule has 0 saturated heterocycles.